The largest absolute Gasteiger partial charge is 0.513 e. The number of likely N-dealkylation sites (tertiary alicyclic amines) is 1. The Balaban J connectivity index is 1.66. The van der Waals surface area contributed by atoms with Gasteiger partial charge >= 0.3 is 0 Å². The molecular weight excluding hydrogens is 334 g/mol. The fourth-order valence-electron chi connectivity index (χ4n) is 3.74. The molecule has 1 amide bonds. The Morgan fingerprint density at radius 1 is 1.07 bits per heavy atom. The van der Waals surface area contributed by atoms with Gasteiger partial charge in [0.05, 0.1) is 5.76 Å². The van der Waals surface area contributed by atoms with E-state index in [2.05, 4.69) is 30.8 Å². The van der Waals surface area contributed by atoms with Gasteiger partial charge in [0.15, 0.2) is 0 Å². The van der Waals surface area contributed by atoms with Crippen LogP contribution in [-0.4, -0.2) is 29.0 Å². The molecule has 3 nitrogen and oxygen atoms in total. The molecule has 1 aliphatic rings. The number of carbonyl (C=O) groups excluding carboxylic acids is 1. The number of rotatable bonds is 5. The molecular formula is C24H27NO2. The highest BCUT2D eigenvalue weighted by atomic mass is 16.3. The van der Waals surface area contributed by atoms with E-state index in [-0.39, 0.29) is 11.7 Å². The number of aliphatic hydroxyl groups excluding tert-OH is 1. The van der Waals surface area contributed by atoms with Crippen LogP contribution in [0.1, 0.15) is 41.3 Å². The predicted octanol–water partition coefficient (Wildman–Crippen LogP) is 5.26. The van der Waals surface area contributed by atoms with Crippen molar-refractivity contribution >= 4 is 11.5 Å². The lowest BCUT2D eigenvalue weighted by molar-refractivity contribution is 0.0690. The summed E-state index contributed by atoms with van der Waals surface area (Å²) in [4.78, 5) is 15.0. The van der Waals surface area contributed by atoms with Gasteiger partial charge in [-0.3, -0.25) is 4.79 Å². The van der Waals surface area contributed by atoms with Crippen molar-refractivity contribution in [3.8, 4) is 0 Å². The number of allylic oxidation sites excluding steroid dienone is 3. The van der Waals surface area contributed by atoms with Crippen molar-refractivity contribution in [3.05, 3.63) is 89.7 Å². The van der Waals surface area contributed by atoms with Crippen LogP contribution in [0, 0.1) is 5.92 Å². The SMILES string of the molecule is C=C(/C=C(/C)O)c1ccccc1C(=O)N1CCC(Cc2ccccc2)CC1. The highest BCUT2D eigenvalue weighted by Crippen LogP contribution is 2.26. The van der Waals surface area contributed by atoms with Gasteiger partial charge < -0.3 is 10.0 Å². The Labute approximate surface area is 161 Å². The number of carbonyl (C=O) groups is 1. The van der Waals surface area contributed by atoms with Crippen molar-refractivity contribution in [3.63, 3.8) is 0 Å². The van der Waals surface area contributed by atoms with Crippen molar-refractivity contribution < 1.29 is 9.90 Å². The summed E-state index contributed by atoms with van der Waals surface area (Å²) in [5, 5.41) is 9.52. The minimum atomic E-state index is 0.0499. The molecule has 0 saturated carbocycles. The maximum atomic E-state index is 13.1. The average Bonchev–Trinajstić information content (AvgIpc) is 2.68. The van der Waals surface area contributed by atoms with E-state index in [0.717, 1.165) is 37.9 Å². The van der Waals surface area contributed by atoms with Crippen molar-refractivity contribution in [2.24, 2.45) is 5.92 Å². The highest BCUT2D eigenvalue weighted by Gasteiger charge is 2.25. The Morgan fingerprint density at radius 3 is 2.30 bits per heavy atom. The summed E-state index contributed by atoms with van der Waals surface area (Å²) in [6, 6.07) is 18.1. The van der Waals surface area contributed by atoms with Gasteiger partial charge in [-0.25, -0.2) is 0 Å². The van der Waals surface area contributed by atoms with Crippen molar-refractivity contribution in [1.82, 2.24) is 4.90 Å². The summed E-state index contributed by atoms with van der Waals surface area (Å²) >= 11 is 0. The van der Waals surface area contributed by atoms with Gasteiger partial charge in [0.2, 0.25) is 0 Å². The number of amides is 1. The lowest BCUT2D eigenvalue weighted by Crippen LogP contribution is -2.39. The summed E-state index contributed by atoms with van der Waals surface area (Å²) in [5.74, 6) is 0.861. The van der Waals surface area contributed by atoms with Gasteiger partial charge in [0, 0.05) is 18.7 Å². The van der Waals surface area contributed by atoms with Gasteiger partial charge in [-0.05, 0) is 60.9 Å². The first-order chi connectivity index (χ1) is 13.0. The van der Waals surface area contributed by atoms with Gasteiger partial charge in [0.1, 0.15) is 0 Å². The summed E-state index contributed by atoms with van der Waals surface area (Å²) in [6.45, 7) is 7.18. The number of benzene rings is 2. The van der Waals surface area contributed by atoms with Crippen molar-refractivity contribution in [2.75, 3.05) is 13.1 Å². The van der Waals surface area contributed by atoms with Gasteiger partial charge in [-0.2, -0.15) is 0 Å². The second-order valence-electron chi connectivity index (χ2n) is 7.28. The van der Waals surface area contributed by atoms with E-state index >= 15 is 0 Å². The van der Waals surface area contributed by atoms with Crippen LogP contribution < -0.4 is 0 Å². The molecule has 0 bridgehead atoms. The standard InChI is InChI=1S/C24H27NO2/c1-18(16-19(2)26)22-10-6-7-11-23(22)24(27)25-14-12-21(13-15-25)17-20-8-4-3-5-9-20/h3-11,16,21,26H,1,12-15,17H2,2H3/b19-16-. The van der Waals surface area contributed by atoms with Gasteiger partial charge in [-0.1, -0.05) is 55.1 Å². The topological polar surface area (TPSA) is 40.5 Å². The second kappa shape index (κ2) is 8.72. The summed E-state index contributed by atoms with van der Waals surface area (Å²) < 4.78 is 0. The Hall–Kier alpha value is -2.81. The first-order valence-electron chi connectivity index (χ1n) is 9.53. The molecule has 1 heterocycles. The molecule has 0 unspecified atom stereocenters. The lowest BCUT2D eigenvalue weighted by Gasteiger charge is -2.32. The second-order valence-corrected chi connectivity index (χ2v) is 7.28. The van der Waals surface area contributed by atoms with Crippen LogP contribution in [0.4, 0.5) is 0 Å². The van der Waals surface area contributed by atoms with Crippen LogP contribution in [-0.2, 0) is 6.42 Å². The zero-order valence-electron chi connectivity index (χ0n) is 15.9. The molecule has 0 aromatic heterocycles. The van der Waals surface area contributed by atoms with Crippen LogP contribution in [0.15, 0.2) is 73.0 Å². The smallest absolute Gasteiger partial charge is 0.254 e. The molecule has 0 aliphatic carbocycles. The molecule has 3 heteroatoms. The molecule has 3 rings (SSSR count). The molecule has 0 radical (unpaired) electrons. The third kappa shape index (κ3) is 4.88. The van der Waals surface area contributed by atoms with Crippen molar-refractivity contribution in [1.29, 1.82) is 0 Å². The lowest BCUT2D eigenvalue weighted by atomic mass is 9.89. The normalized spacial score (nSPS) is 15.6. The first kappa shape index (κ1) is 19.0. The fraction of sp³-hybridized carbons (Fsp3) is 0.292. The molecule has 0 spiro atoms. The fourth-order valence-corrected chi connectivity index (χ4v) is 3.74. The van der Waals surface area contributed by atoms with E-state index in [1.54, 1.807) is 13.0 Å². The monoisotopic (exact) mass is 361 g/mol. The zero-order chi connectivity index (χ0) is 19.2. The molecule has 2 aromatic carbocycles. The van der Waals surface area contributed by atoms with Crippen LogP contribution in [0.5, 0.6) is 0 Å². The predicted molar refractivity (Wildman–Crippen MR) is 111 cm³/mol. The molecule has 0 atom stereocenters. The Bertz CT molecular complexity index is 826. The van der Waals surface area contributed by atoms with E-state index in [1.807, 2.05) is 35.2 Å². The maximum Gasteiger partial charge on any atom is 0.254 e. The van der Waals surface area contributed by atoms with Gasteiger partial charge in [0.25, 0.3) is 5.91 Å². The first-order valence-corrected chi connectivity index (χ1v) is 9.53. The maximum absolute atomic E-state index is 13.1. The van der Waals surface area contributed by atoms with E-state index in [0.29, 0.717) is 17.1 Å². The number of piperidine rings is 1. The average molecular weight is 361 g/mol. The Kier molecular flexibility index (Phi) is 6.12. The van der Waals surface area contributed by atoms with E-state index in [1.165, 1.54) is 5.56 Å². The summed E-state index contributed by atoms with van der Waals surface area (Å²) in [6.07, 6.45) is 4.73. The molecule has 1 fully saturated rings. The number of nitrogens with zero attached hydrogens (tertiary/aromatic N) is 1. The molecule has 140 valence electrons. The van der Waals surface area contributed by atoms with Crippen LogP contribution in [0.3, 0.4) is 0 Å². The van der Waals surface area contributed by atoms with E-state index in [4.69, 9.17) is 0 Å². The molecule has 2 aromatic rings. The van der Waals surface area contributed by atoms with Crippen LogP contribution in [0.25, 0.3) is 5.57 Å². The van der Waals surface area contributed by atoms with Gasteiger partial charge in [-0.15, -0.1) is 0 Å². The number of hydrogen-bond acceptors (Lipinski definition) is 2. The molecule has 1 saturated heterocycles. The third-order valence-corrected chi connectivity index (χ3v) is 5.16. The van der Waals surface area contributed by atoms with E-state index in [9.17, 15) is 9.90 Å². The van der Waals surface area contributed by atoms with Crippen LogP contribution in [0.2, 0.25) is 0 Å². The minimum absolute atomic E-state index is 0.0499. The van der Waals surface area contributed by atoms with Crippen LogP contribution >= 0.6 is 0 Å². The summed E-state index contributed by atoms with van der Waals surface area (Å²) in [7, 11) is 0. The quantitative estimate of drug-likeness (QED) is 0.583. The zero-order valence-corrected chi connectivity index (χ0v) is 15.9. The molecule has 27 heavy (non-hydrogen) atoms. The molecule has 1 N–H and O–H groups in total. The Morgan fingerprint density at radius 2 is 1.67 bits per heavy atom. The highest BCUT2D eigenvalue weighted by molar-refractivity contribution is 6.00. The number of aliphatic hydroxyl groups is 1. The third-order valence-electron chi connectivity index (χ3n) is 5.16. The number of hydrogen-bond donors (Lipinski definition) is 1. The van der Waals surface area contributed by atoms with E-state index < -0.39 is 0 Å². The van der Waals surface area contributed by atoms with Crippen molar-refractivity contribution in [2.45, 2.75) is 26.2 Å². The summed E-state index contributed by atoms with van der Waals surface area (Å²) in [5.41, 5.74) is 3.46. The molecule has 1 aliphatic heterocycles. The minimum Gasteiger partial charge on any atom is -0.513 e.